The lowest BCUT2D eigenvalue weighted by Gasteiger charge is -2.43. The number of nitrogens with one attached hydrogen (secondary N) is 1. The highest BCUT2D eigenvalue weighted by Crippen LogP contribution is 2.55. The van der Waals surface area contributed by atoms with Crippen molar-refractivity contribution < 1.29 is 43.6 Å². The molecule has 5 N–H and O–H groups in total. The van der Waals surface area contributed by atoms with E-state index in [2.05, 4.69) is 5.32 Å². The predicted molar refractivity (Wildman–Crippen MR) is 77.6 cm³/mol. The Morgan fingerprint density at radius 2 is 1.96 bits per heavy atom. The summed E-state index contributed by atoms with van der Waals surface area (Å²) in [6, 6.07) is -1.07. The summed E-state index contributed by atoms with van der Waals surface area (Å²) in [4.78, 5) is 11.3. The molecule has 0 radical (unpaired) electrons. The van der Waals surface area contributed by atoms with Crippen molar-refractivity contribution in [1.82, 2.24) is 5.32 Å². The van der Waals surface area contributed by atoms with Gasteiger partial charge in [0.1, 0.15) is 18.3 Å². The van der Waals surface area contributed by atoms with Crippen molar-refractivity contribution >= 4 is 13.5 Å². The molecule has 1 heterocycles. The highest BCUT2D eigenvalue weighted by Gasteiger charge is 2.50. The Bertz CT molecular complexity index is 440. The summed E-state index contributed by atoms with van der Waals surface area (Å²) in [5.74, 6) is -1.70. The van der Waals surface area contributed by atoms with Crippen molar-refractivity contribution in [2.45, 2.75) is 49.6 Å². The van der Waals surface area contributed by atoms with Crippen LogP contribution in [0.5, 0.6) is 0 Å². The lowest BCUT2D eigenvalue weighted by Crippen LogP contribution is -2.62. The second-order valence-electron chi connectivity index (χ2n) is 5.23. The Morgan fingerprint density at radius 3 is 2.39 bits per heavy atom. The molecule has 0 bridgehead atoms. The molecule has 0 saturated carbocycles. The van der Waals surface area contributed by atoms with Crippen LogP contribution in [0.15, 0.2) is 0 Å². The van der Waals surface area contributed by atoms with Crippen LogP contribution in [-0.4, -0.2) is 83.5 Å². The minimum Gasteiger partial charge on any atom is -0.394 e. The average molecular weight is 357 g/mol. The Morgan fingerprint density at radius 1 is 1.39 bits per heavy atom. The molecule has 0 spiro atoms. The topological polar surface area (TPSA) is 155 Å². The van der Waals surface area contributed by atoms with Crippen LogP contribution in [0.3, 0.4) is 0 Å². The van der Waals surface area contributed by atoms with E-state index in [4.69, 9.17) is 18.9 Å². The van der Waals surface area contributed by atoms with Gasteiger partial charge in [-0.3, -0.25) is 9.36 Å². The maximum Gasteiger partial charge on any atom is 0.358 e. The van der Waals surface area contributed by atoms with Gasteiger partial charge in [-0.25, -0.2) is 0 Å². The van der Waals surface area contributed by atoms with Gasteiger partial charge in [-0.2, -0.15) is 0 Å². The molecule has 1 fully saturated rings. The first-order chi connectivity index (χ1) is 10.7. The fourth-order valence-corrected chi connectivity index (χ4v) is 3.82. The lowest BCUT2D eigenvalue weighted by molar-refractivity contribution is -0.168. The Balaban J connectivity index is 3.09. The second-order valence-corrected chi connectivity index (χ2v) is 7.62. The van der Waals surface area contributed by atoms with Crippen LogP contribution in [-0.2, 0) is 23.1 Å². The number of rotatable bonds is 7. The predicted octanol–water partition coefficient (Wildman–Crippen LogP) is -1.83. The molecule has 0 aromatic heterocycles. The molecule has 10 nitrogen and oxygen atoms in total. The Labute approximate surface area is 133 Å². The fraction of sp³-hybridized carbons (Fsp3) is 0.917. The first kappa shape index (κ1) is 20.5. The van der Waals surface area contributed by atoms with Crippen molar-refractivity contribution in [3.8, 4) is 0 Å². The first-order valence-electron chi connectivity index (χ1n) is 6.99. The van der Waals surface area contributed by atoms with Crippen molar-refractivity contribution in [2.75, 3.05) is 20.8 Å². The molecule has 1 aliphatic rings. The Hall–Kier alpha value is -0.580. The van der Waals surface area contributed by atoms with E-state index in [0.717, 1.165) is 14.2 Å². The second kappa shape index (κ2) is 8.50. The third-order valence-electron chi connectivity index (χ3n) is 3.68. The number of ether oxygens (including phenoxy) is 1. The van der Waals surface area contributed by atoms with Crippen LogP contribution in [0.4, 0.5) is 0 Å². The normalized spacial score (nSPS) is 31.4. The molecule has 11 heteroatoms. The van der Waals surface area contributed by atoms with Crippen LogP contribution in [0.2, 0.25) is 0 Å². The van der Waals surface area contributed by atoms with Crippen LogP contribution in [0, 0.1) is 0 Å². The number of hydrogen-bond acceptors (Lipinski definition) is 9. The molecule has 1 amide bonds. The quantitative estimate of drug-likeness (QED) is 0.331. The van der Waals surface area contributed by atoms with Gasteiger partial charge in [0.2, 0.25) is 5.91 Å². The van der Waals surface area contributed by atoms with Gasteiger partial charge in [-0.1, -0.05) is 0 Å². The van der Waals surface area contributed by atoms with Crippen molar-refractivity contribution in [3.63, 3.8) is 0 Å². The van der Waals surface area contributed by atoms with Gasteiger partial charge in [0.05, 0.1) is 18.8 Å². The van der Waals surface area contributed by atoms with Gasteiger partial charge < -0.3 is 39.5 Å². The number of amides is 1. The largest absolute Gasteiger partial charge is 0.394 e. The lowest BCUT2D eigenvalue weighted by atomic mass is 9.92. The maximum absolute atomic E-state index is 12.4. The summed E-state index contributed by atoms with van der Waals surface area (Å²) < 4.78 is 27.6. The van der Waals surface area contributed by atoms with Gasteiger partial charge in [-0.05, 0) is 0 Å². The van der Waals surface area contributed by atoms with E-state index in [9.17, 15) is 24.7 Å². The molecule has 1 saturated heterocycles. The molecule has 23 heavy (non-hydrogen) atoms. The van der Waals surface area contributed by atoms with Crippen LogP contribution >= 0.6 is 7.60 Å². The smallest absolute Gasteiger partial charge is 0.358 e. The van der Waals surface area contributed by atoms with E-state index in [0.29, 0.717) is 0 Å². The van der Waals surface area contributed by atoms with Gasteiger partial charge >= 0.3 is 7.60 Å². The molecule has 6 atom stereocenters. The molecule has 0 aromatic rings. The molecule has 0 aliphatic carbocycles. The molecule has 136 valence electrons. The average Bonchev–Trinajstić information content (AvgIpc) is 2.53. The van der Waals surface area contributed by atoms with Gasteiger partial charge in [0, 0.05) is 27.6 Å². The van der Waals surface area contributed by atoms with Crippen molar-refractivity contribution in [3.05, 3.63) is 0 Å². The third-order valence-corrected chi connectivity index (χ3v) is 5.73. The van der Waals surface area contributed by atoms with E-state index >= 15 is 0 Å². The highest BCUT2D eigenvalue weighted by atomic mass is 31.2. The van der Waals surface area contributed by atoms with Gasteiger partial charge in [0.25, 0.3) is 0 Å². The number of carbonyl (C=O) groups is 1. The van der Waals surface area contributed by atoms with Crippen molar-refractivity contribution in [1.29, 1.82) is 0 Å². The fourth-order valence-electron chi connectivity index (χ4n) is 2.44. The number of aliphatic hydroxyl groups is 4. The van der Waals surface area contributed by atoms with E-state index in [1.165, 1.54) is 6.92 Å². The summed E-state index contributed by atoms with van der Waals surface area (Å²) >= 11 is 0. The molecule has 1 aliphatic heterocycles. The molecule has 0 aromatic carbocycles. The zero-order chi connectivity index (χ0) is 17.8. The summed E-state index contributed by atoms with van der Waals surface area (Å²) in [7, 11) is -1.43. The summed E-state index contributed by atoms with van der Waals surface area (Å²) in [5.41, 5.74) is 0. The number of aliphatic hydroxyl groups excluding tert-OH is 4. The van der Waals surface area contributed by atoms with Gasteiger partial charge in [-0.15, -0.1) is 0 Å². The number of hydrogen-bond donors (Lipinski definition) is 5. The summed E-state index contributed by atoms with van der Waals surface area (Å²) in [5, 5.41) is 41.3. The van der Waals surface area contributed by atoms with Crippen LogP contribution in [0.25, 0.3) is 0 Å². The molecular formula is C12H24NO9P. The monoisotopic (exact) mass is 357 g/mol. The highest BCUT2D eigenvalue weighted by molar-refractivity contribution is 7.54. The van der Waals surface area contributed by atoms with Crippen molar-refractivity contribution in [2.24, 2.45) is 0 Å². The van der Waals surface area contributed by atoms with Gasteiger partial charge in [0.15, 0.2) is 5.85 Å². The van der Waals surface area contributed by atoms with Crippen LogP contribution in [0.1, 0.15) is 13.3 Å². The minimum atomic E-state index is -3.72. The minimum absolute atomic E-state index is 0.178. The van der Waals surface area contributed by atoms with Crippen LogP contribution < -0.4 is 5.32 Å². The van der Waals surface area contributed by atoms with E-state index < -0.39 is 56.4 Å². The summed E-state index contributed by atoms with van der Waals surface area (Å²) in [6.07, 6.45) is -5.96. The zero-order valence-corrected chi connectivity index (χ0v) is 14.1. The summed E-state index contributed by atoms with van der Waals surface area (Å²) in [6.45, 7) is 0.445. The first-order valence-corrected chi connectivity index (χ1v) is 8.60. The molecule has 1 rings (SSSR count). The Kier molecular flexibility index (Phi) is 7.56. The van der Waals surface area contributed by atoms with E-state index in [1.807, 2.05) is 0 Å². The maximum atomic E-state index is 12.4. The SMILES string of the molecule is COP(=O)(OC)[C@H]1C[C@H](O)[C@@H](NC(C)=O)[C@H]([C@H](O)[C@H](O)CO)O1. The standard InChI is InChI=1S/C12H24NO9P/c1-6(15)13-10-7(16)4-9(23(19,20-2)21-3)22-12(10)11(18)8(17)5-14/h7-12,14,16-18H,4-5H2,1-3H3,(H,13,15)/t7-,8+,9-,10+,11+,12+/m0/s1. The van der Waals surface area contributed by atoms with E-state index in [-0.39, 0.29) is 6.42 Å². The number of carbonyl (C=O) groups excluding carboxylic acids is 1. The third kappa shape index (κ3) is 4.71. The molecule has 0 unspecified atom stereocenters. The zero-order valence-electron chi connectivity index (χ0n) is 13.2. The van der Waals surface area contributed by atoms with E-state index in [1.54, 1.807) is 0 Å². The molecular weight excluding hydrogens is 333 g/mol.